The molecule has 138 valence electrons. The lowest BCUT2D eigenvalue weighted by atomic mass is 10.1. The Morgan fingerprint density at radius 1 is 1.19 bits per heavy atom. The van der Waals surface area contributed by atoms with E-state index in [9.17, 15) is 0 Å². The summed E-state index contributed by atoms with van der Waals surface area (Å²) in [5, 5.41) is 16.6. The second-order valence-electron chi connectivity index (χ2n) is 6.36. The SMILES string of the molecule is Cc1cc(C)n(Cc2cccc(-c3noc(-c4cn(CCN)nn4)n3)c2)n1. The Labute approximate surface area is 155 Å². The minimum Gasteiger partial charge on any atom is -0.332 e. The summed E-state index contributed by atoms with van der Waals surface area (Å²) in [4.78, 5) is 4.45. The van der Waals surface area contributed by atoms with E-state index in [1.807, 2.05) is 36.7 Å². The second-order valence-corrected chi connectivity index (χ2v) is 6.36. The molecule has 0 saturated heterocycles. The molecule has 4 aromatic rings. The van der Waals surface area contributed by atoms with Crippen molar-refractivity contribution >= 4 is 0 Å². The Bertz CT molecular complexity index is 1060. The van der Waals surface area contributed by atoms with Crippen LogP contribution in [0.15, 0.2) is 41.1 Å². The third-order valence-electron chi connectivity index (χ3n) is 4.16. The molecule has 9 nitrogen and oxygen atoms in total. The molecule has 0 fully saturated rings. The Morgan fingerprint density at radius 2 is 2.07 bits per heavy atom. The third-order valence-corrected chi connectivity index (χ3v) is 4.16. The van der Waals surface area contributed by atoms with Crippen molar-refractivity contribution in [3.8, 4) is 23.0 Å². The van der Waals surface area contributed by atoms with Gasteiger partial charge in [-0.15, -0.1) is 5.10 Å². The van der Waals surface area contributed by atoms with E-state index in [1.165, 1.54) is 0 Å². The van der Waals surface area contributed by atoms with Crippen molar-refractivity contribution in [2.24, 2.45) is 5.73 Å². The Morgan fingerprint density at radius 3 is 2.85 bits per heavy atom. The van der Waals surface area contributed by atoms with Gasteiger partial charge in [-0.2, -0.15) is 10.1 Å². The molecule has 0 saturated carbocycles. The van der Waals surface area contributed by atoms with Crippen molar-refractivity contribution in [1.29, 1.82) is 0 Å². The molecule has 0 bridgehead atoms. The molecule has 0 aliphatic carbocycles. The highest BCUT2D eigenvalue weighted by Gasteiger charge is 2.14. The average Bonchev–Trinajstić information content (AvgIpc) is 3.36. The van der Waals surface area contributed by atoms with Gasteiger partial charge in [-0.1, -0.05) is 28.6 Å². The second kappa shape index (κ2) is 7.12. The van der Waals surface area contributed by atoms with E-state index in [1.54, 1.807) is 10.9 Å². The number of aryl methyl sites for hydroxylation is 2. The highest BCUT2D eigenvalue weighted by Crippen LogP contribution is 2.22. The molecule has 0 aliphatic heterocycles. The van der Waals surface area contributed by atoms with Crippen LogP contribution in [-0.2, 0) is 13.1 Å². The minimum atomic E-state index is 0.331. The number of nitrogens with zero attached hydrogens (tertiary/aromatic N) is 7. The standard InChI is InChI=1S/C18H20N8O/c1-12-8-13(2)26(22-12)10-14-4-3-5-15(9-14)17-20-18(27-23-17)16-11-25(7-6-19)24-21-16/h3-5,8-9,11H,6-7,10,19H2,1-2H3. The maximum Gasteiger partial charge on any atom is 0.280 e. The van der Waals surface area contributed by atoms with Crippen molar-refractivity contribution in [3.63, 3.8) is 0 Å². The van der Waals surface area contributed by atoms with Crippen molar-refractivity contribution in [2.45, 2.75) is 26.9 Å². The van der Waals surface area contributed by atoms with Crippen LogP contribution in [0.5, 0.6) is 0 Å². The lowest BCUT2D eigenvalue weighted by molar-refractivity contribution is 0.431. The van der Waals surface area contributed by atoms with Crippen LogP contribution in [0.2, 0.25) is 0 Å². The van der Waals surface area contributed by atoms with Crippen molar-refractivity contribution in [2.75, 3.05) is 6.54 Å². The molecule has 0 radical (unpaired) electrons. The fourth-order valence-corrected chi connectivity index (χ4v) is 2.90. The van der Waals surface area contributed by atoms with Crippen LogP contribution in [0.4, 0.5) is 0 Å². The third kappa shape index (κ3) is 3.63. The van der Waals surface area contributed by atoms with Gasteiger partial charge in [0.25, 0.3) is 5.89 Å². The van der Waals surface area contributed by atoms with Crippen LogP contribution in [0.25, 0.3) is 23.0 Å². The van der Waals surface area contributed by atoms with Crippen molar-refractivity contribution in [3.05, 3.63) is 53.5 Å². The first-order valence-electron chi connectivity index (χ1n) is 8.67. The fourth-order valence-electron chi connectivity index (χ4n) is 2.90. The van der Waals surface area contributed by atoms with E-state index in [2.05, 4.69) is 37.7 Å². The number of aromatic nitrogens is 7. The van der Waals surface area contributed by atoms with Gasteiger partial charge in [0.2, 0.25) is 5.82 Å². The predicted molar refractivity (Wildman–Crippen MR) is 98.6 cm³/mol. The van der Waals surface area contributed by atoms with Gasteiger partial charge in [-0.3, -0.25) is 9.36 Å². The van der Waals surface area contributed by atoms with Gasteiger partial charge >= 0.3 is 0 Å². The smallest absolute Gasteiger partial charge is 0.280 e. The molecular formula is C18H20N8O. The summed E-state index contributed by atoms with van der Waals surface area (Å²) in [5.41, 5.74) is 10.2. The number of hydrogen-bond acceptors (Lipinski definition) is 7. The number of rotatable bonds is 6. The van der Waals surface area contributed by atoms with E-state index in [0.29, 0.717) is 37.0 Å². The molecule has 0 atom stereocenters. The number of nitrogens with two attached hydrogens (primary N) is 1. The lowest BCUT2D eigenvalue weighted by Crippen LogP contribution is -2.10. The molecule has 27 heavy (non-hydrogen) atoms. The zero-order valence-corrected chi connectivity index (χ0v) is 15.2. The fraction of sp³-hybridized carbons (Fsp3) is 0.278. The van der Waals surface area contributed by atoms with Crippen LogP contribution in [-0.4, -0.2) is 41.5 Å². The normalized spacial score (nSPS) is 11.2. The minimum absolute atomic E-state index is 0.331. The molecule has 9 heteroatoms. The summed E-state index contributed by atoms with van der Waals surface area (Å²) in [5.74, 6) is 0.839. The van der Waals surface area contributed by atoms with Crippen LogP contribution >= 0.6 is 0 Å². The summed E-state index contributed by atoms with van der Waals surface area (Å²) < 4.78 is 8.98. The van der Waals surface area contributed by atoms with E-state index in [0.717, 1.165) is 22.5 Å². The van der Waals surface area contributed by atoms with Crippen LogP contribution in [0.3, 0.4) is 0 Å². The van der Waals surface area contributed by atoms with Crippen LogP contribution < -0.4 is 5.73 Å². The maximum absolute atomic E-state index is 5.52. The van der Waals surface area contributed by atoms with E-state index in [4.69, 9.17) is 10.3 Å². The lowest BCUT2D eigenvalue weighted by Gasteiger charge is -2.05. The summed E-state index contributed by atoms with van der Waals surface area (Å²) in [6, 6.07) is 10.1. The Hall–Kier alpha value is -3.33. The average molecular weight is 364 g/mol. The van der Waals surface area contributed by atoms with Crippen molar-refractivity contribution < 1.29 is 4.52 Å². The Kier molecular flexibility index (Phi) is 4.51. The largest absolute Gasteiger partial charge is 0.332 e. The van der Waals surface area contributed by atoms with Gasteiger partial charge in [-0.05, 0) is 31.5 Å². The monoisotopic (exact) mass is 364 g/mol. The maximum atomic E-state index is 5.52. The van der Waals surface area contributed by atoms with Gasteiger partial charge in [0.15, 0.2) is 5.69 Å². The van der Waals surface area contributed by atoms with Gasteiger partial charge in [0, 0.05) is 17.8 Å². The molecule has 1 aromatic carbocycles. The molecule has 0 unspecified atom stereocenters. The van der Waals surface area contributed by atoms with Gasteiger partial charge in [0.05, 0.1) is 25.0 Å². The molecular weight excluding hydrogens is 344 g/mol. The first-order valence-corrected chi connectivity index (χ1v) is 8.67. The zero-order valence-electron chi connectivity index (χ0n) is 15.2. The molecule has 3 heterocycles. The Balaban J connectivity index is 1.57. The van der Waals surface area contributed by atoms with Gasteiger partial charge in [-0.25, -0.2) is 0 Å². The van der Waals surface area contributed by atoms with Crippen molar-refractivity contribution in [1.82, 2.24) is 34.9 Å². The highest BCUT2D eigenvalue weighted by atomic mass is 16.5. The quantitative estimate of drug-likeness (QED) is 0.555. The first-order chi connectivity index (χ1) is 13.1. The van der Waals surface area contributed by atoms with Crippen LogP contribution in [0.1, 0.15) is 17.0 Å². The zero-order chi connectivity index (χ0) is 18.8. The summed E-state index contributed by atoms with van der Waals surface area (Å²) in [6.45, 7) is 5.80. The van der Waals surface area contributed by atoms with Crippen LogP contribution in [0, 0.1) is 13.8 Å². The van der Waals surface area contributed by atoms with E-state index in [-0.39, 0.29) is 0 Å². The molecule has 0 aliphatic rings. The molecule has 4 rings (SSSR count). The summed E-state index contributed by atoms with van der Waals surface area (Å²) in [7, 11) is 0. The summed E-state index contributed by atoms with van der Waals surface area (Å²) in [6.07, 6.45) is 1.74. The van der Waals surface area contributed by atoms with Gasteiger partial charge in [0.1, 0.15) is 0 Å². The molecule has 2 N–H and O–H groups in total. The predicted octanol–water partition coefficient (Wildman–Crippen LogP) is 1.82. The molecule has 0 spiro atoms. The highest BCUT2D eigenvalue weighted by molar-refractivity contribution is 5.58. The first kappa shape index (κ1) is 17.1. The van der Waals surface area contributed by atoms with E-state index >= 15 is 0 Å². The molecule has 3 aromatic heterocycles. The van der Waals surface area contributed by atoms with E-state index < -0.39 is 0 Å². The molecule has 0 amide bonds. The number of benzene rings is 1. The number of hydrogen-bond donors (Lipinski definition) is 1. The topological polar surface area (TPSA) is 113 Å². The van der Waals surface area contributed by atoms with Gasteiger partial charge < -0.3 is 10.3 Å². The summed E-state index contributed by atoms with van der Waals surface area (Å²) >= 11 is 0.